The van der Waals surface area contributed by atoms with Gasteiger partial charge in [0, 0.05) is 65.7 Å². The molecule has 0 amide bonds. The summed E-state index contributed by atoms with van der Waals surface area (Å²) in [7, 11) is -4.68. The number of nitriles is 2. The van der Waals surface area contributed by atoms with Crippen molar-refractivity contribution in [2.45, 2.75) is 25.8 Å². The van der Waals surface area contributed by atoms with Gasteiger partial charge in [0.2, 0.25) is 0 Å². The van der Waals surface area contributed by atoms with E-state index in [4.69, 9.17) is 10.5 Å². The van der Waals surface area contributed by atoms with Gasteiger partial charge < -0.3 is 0 Å². The highest BCUT2D eigenvalue weighted by Crippen LogP contribution is 2.20. The van der Waals surface area contributed by atoms with E-state index in [2.05, 4.69) is 0 Å². The molecule has 0 unspecified atom stereocenters. The van der Waals surface area contributed by atoms with E-state index in [1.54, 1.807) is 6.92 Å². The van der Waals surface area contributed by atoms with Gasteiger partial charge in [0.1, 0.15) is 0 Å². The summed E-state index contributed by atoms with van der Waals surface area (Å²) < 4.78 is 54.8. The summed E-state index contributed by atoms with van der Waals surface area (Å²) >= 11 is 0. The van der Waals surface area contributed by atoms with Crippen LogP contribution in [0.15, 0.2) is 0 Å². The van der Waals surface area contributed by atoms with Gasteiger partial charge in [-0.15, -0.1) is 0 Å². The van der Waals surface area contributed by atoms with Crippen LogP contribution in [0.5, 0.6) is 0 Å². The smallest absolute Gasteiger partial charge is 0.198 e. The first-order valence-corrected chi connectivity index (χ1v) is 10.6. The molecule has 1 aliphatic rings. The fourth-order valence-electron chi connectivity index (χ4n) is 2.48. The highest BCUT2D eigenvalue weighted by atomic mass is 32.2. The van der Waals surface area contributed by atoms with Crippen LogP contribution in [0.4, 0.5) is 0 Å². The van der Waals surface area contributed by atoms with Crippen molar-refractivity contribution in [1.82, 2.24) is 17.2 Å². The van der Waals surface area contributed by atoms with E-state index in [0.29, 0.717) is 0 Å². The van der Waals surface area contributed by atoms with Crippen LogP contribution in [0.25, 0.3) is 0 Å². The molecule has 0 aromatic heterocycles. The molecule has 0 aromatic rings. The Kier molecular flexibility index (Phi) is 7.74. The van der Waals surface area contributed by atoms with Crippen molar-refractivity contribution in [2.75, 3.05) is 46.8 Å². The average Bonchev–Trinajstić information content (AvgIpc) is 2.56. The lowest BCUT2D eigenvalue weighted by Gasteiger charge is -2.40. The van der Waals surface area contributed by atoms with E-state index in [9.17, 15) is 16.8 Å². The van der Waals surface area contributed by atoms with Crippen LogP contribution in [-0.2, 0) is 20.4 Å². The average molecular weight is 393 g/mol. The van der Waals surface area contributed by atoms with Gasteiger partial charge in [0.15, 0.2) is 0 Å². The van der Waals surface area contributed by atoms with Crippen molar-refractivity contribution in [3.05, 3.63) is 0 Å². The zero-order valence-corrected chi connectivity index (χ0v) is 16.3. The first kappa shape index (κ1) is 21.8. The molecular weight excluding hydrogens is 368 g/mol. The first-order chi connectivity index (χ1) is 11.6. The summed E-state index contributed by atoms with van der Waals surface area (Å²) in [5, 5.41) is 17.2. The lowest BCUT2D eigenvalue weighted by Crippen LogP contribution is -2.59. The molecule has 142 valence electrons. The molecule has 1 fully saturated rings. The normalized spacial score (nSPS) is 20.5. The second kappa shape index (κ2) is 8.89. The van der Waals surface area contributed by atoms with Gasteiger partial charge in [-0.2, -0.15) is 44.6 Å². The van der Waals surface area contributed by atoms with E-state index >= 15 is 0 Å². The van der Waals surface area contributed by atoms with Crippen LogP contribution in [-0.4, -0.2) is 86.9 Å². The lowest BCUT2D eigenvalue weighted by atomic mass is 10.3. The molecule has 25 heavy (non-hydrogen) atoms. The van der Waals surface area contributed by atoms with Crippen LogP contribution in [0.1, 0.15) is 19.8 Å². The molecule has 1 saturated heterocycles. The van der Waals surface area contributed by atoms with E-state index in [1.165, 1.54) is 22.7 Å². The molecule has 1 heterocycles. The topological polar surface area (TPSA) is 129 Å². The monoisotopic (exact) mass is 392 g/mol. The molecule has 0 bridgehead atoms. The van der Waals surface area contributed by atoms with Crippen LogP contribution in [0, 0.1) is 22.7 Å². The van der Waals surface area contributed by atoms with Gasteiger partial charge in [-0.05, 0) is 6.92 Å². The maximum atomic E-state index is 12.6. The molecule has 1 rings (SSSR count). The number of rotatable bonds is 8. The Bertz CT molecular complexity index is 739. The minimum Gasteiger partial charge on any atom is -0.198 e. The molecule has 10 nitrogen and oxygen atoms in total. The third-order valence-electron chi connectivity index (χ3n) is 4.02. The molecule has 12 heteroatoms. The van der Waals surface area contributed by atoms with E-state index < -0.39 is 26.5 Å². The molecular formula is C13H24N6O4S2. The van der Waals surface area contributed by atoms with Crippen molar-refractivity contribution in [2.24, 2.45) is 0 Å². The molecule has 1 aliphatic heterocycles. The Morgan fingerprint density at radius 3 is 1.88 bits per heavy atom. The number of hydrogen-bond acceptors (Lipinski definition) is 6. The Morgan fingerprint density at radius 1 is 0.960 bits per heavy atom. The van der Waals surface area contributed by atoms with Crippen LogP contribution < -0.4 is 0 Å². The highest BCUT2D eigenvalue weighted by molar-refractivity contribution is 7.87. The molecule has 0 N–H and O–H groups in total. The second-order valence-electron chi connectivity index (χ2n) is 5.79. The highest BCUT2D eigenvalue weighted by Gasteiger charge is 2.39. The predicted octanol–water partition coefficient (Wildman–Crippen LogP) is -0.827. The lowest BCUT2D eigenvalue weighted by molar-refractivity contribution is 0.195. The van der Waals surface area contributed by atoms with Crippen molar-refractivity contribution in [3.63, 3.8) is 0 Å². The quantitative estimate of drug-likeness (QED) is 0.530. The summed E-state index contributed by atoms with van der Waals surface area (Å²) in [5.41, 5.74) is 0. The second-order valence-corrected chi connectivity index (χ2v) is 9.82. The van der Waals surface area contributed by atoms with Crippen molar-refractivity contribution >= 4 is 20.4 Å². The summed E-state index contributed by atoms with van der Waals surface area (Å²) in [6.07, 6.45) is 0.172. The Labute approximate surface area is 150 Å². The summed E-state index contributed by atoms with van der Waals surface area (Å²) in [4.78, 5) is 0. The minimum absolute atomic E-state index is 0.0323. The molecule has 0 radical (unpaired) electrons. The van der Waals surface area contributed by atoms with E-state index in [-0.39, 0.29) is 45.6 Å². The zero-order valence-electron chi connectivity index (χ0n) is 14.7. The van der Waals surface area contributed by atoms with Gasteiger partial charge in [0.25, 0.3) is 20.4 Å². The number of piperazine rings is 1. The fourth-order valence-corrected chi connectivity index (χ4v) is 5.43. The maximum Gasteiger partial charge on any atom is 0.282 e. The Morgan fingerprint density at radius 2 is 1.44 bits per heavy atom. The standard InChI is InChI=1S/C13H24N6O4S2/c1-13-12-18(24(20,21)16(2)8-4-6-14)10-11-19(13)25(22,23)17(3)9-5-7-15/h13H,4-5,8-12H2,1-3H3/t13-/m1/s1. The Hall–Kier alpha value is -1.28. The predicted molar refractivity (Wildman–Crippen MR) is 91.3 cm³/mol. The molecule has 0 aliphatic carbocycles. The van der Waals surface area contributed by atoms with E-state index in [1.807, 2.05) is 12.1 Å². The summed E-state index contributed by atoms with van der Waals surface area (Å²) in [6.45, 7) is 1.92. The van der Waals surface area contributed by atoms with Crippen molar-refractivity contribution in [1.29, 1.82) is 10.5 Å². The van der Waals surface area contributed by atoms with Gasteiger partial charge in [-0.25, -0.2) is 0 Å². The van der Waals surface area contributed by atoms with Gasteiger partial charge in [-0.3, -0.25) is 0 Å². The van der Waals surface area contributed by atoms with Crippen LogP contribution in [0.2, 0.25) is 0 Å². The van der Waals surface area contributed by atoms with Crippen LogP contribution >= 0.6 is 0 Å². The van der Waals surface area contributed by atoms with Crippen LogP contribution in [0.3, 0.4) is 0 Å². The summed E-state index contributed by atoms with van der Waals surface area (Å²) in [5.74, 6) is 0. The van der Waals surface area contributed by atoms with Gasteiger partial charge >= 0.3 is 0 Å². The third-order valence-corrected chi connectivity index (χ3v) is 8.08. The molecule has 0 aromatic carbocycles. The fraction of sp³-hybridized carbons (Fsp3) is 0.846. The molecule has 1 atom stereocenters. The molecule has 0 spiro atoms. The largest absolute Gasteiger partial charge is 0.282 e. The zero-order chi connectivity index (χ0) is 19.3. The summed E-state index contributed by atoms with van der Waals surface area (Å²) in [6, 6.07) is 3.26. The molecule has 0 saturated carbocycles. The minimum atomic E-state index is -3.75. The first-order valence-electron chi connectivity index (χ1n) is 7.77. The van der Waals surface area contributed by atoms with Gasteiger partial charge in [-0.1, -0.05) is 0 Å². The van der Waals surface area contributed by atoms with Crippen molar-refractivity contribution < 1.29 is 16.8 Å². The SMILES string of the molecule is C[C@@H]1CN(S(=O)(=O)N(C)CCC#N)CCN1S(=O)(=O)N(C)CCC#N. The third kappa shape index (κ3) is 5.10. The number of nitrogens with zero attached hydrogens (tertiary/aromatic N) is 6. The maximum absolute atomic E-state index is 12.6. The van der Waals surface area contributed by atoms with Crippen molar-refractivity contribution in [3.8, 4) is 12.1 Å². The Balaban J connectivity index is 2.83. The van der Waals surface area contributed by atoms with Gasteiger partial charge in [0.05, 0.1) is 12.1 Å². The van der Waals surface area contributed by atoms with E-state index in [0.717, 1.165) is 8.61 Å². The number of hydrogen-bond donors (Lipinski definition) is 0.